The van der Waals surface area contributed by atoms with Gasteiger partial charge < -0.3 is 13.8 Å². The van der Waals surface area contributed by atoms with Gasteiger partial charge in [0, 0.05) is 32.1 Å². The van der Waals surface area contributed by atoms with Crippen LogP contribution in [0, 0.1) is 10.1 Å². The van der Waals surface area contributed by atoms with Gasteiger partial charge in [-0.1, -0.05) is 0 Å². The lowest BCUT2D eigenvalue weighted by Crippen LogP contribution is -2.69. The molecule has 1 fully saturated rings. The van der Waals surface area contributed by atoms with Gasteiger partial charge in [-0.05, 0) is 30.2 Å². The summed E-state index contributed by atoms with van der Waals surface area (Å²) < 4.78 is 27.3. The quantitative estimate of drug-likeness (QED) is 0.203. The highest BCUT2D eigenvalue weighted by atomic mass is 32.2. The molecule has 0 aliphatic carbocycles. The third kappa shape index (κ3) is 4.28. The molecule has 11 nitrogen and oxygen atoms in total. The highest BCUT2D eigenvalue weighted by Crippen LogP contribution is 2.48. The first-order valence-electron chi connectivity index (χ1n) is 8.75. The van der Waals surface area contributed by atoms with Crippen molar-refractivity contribution < 1.29 is 32.9 Å². The number of nitro groups is 1. The number of thioether (sulfide) groups is 1. The zero-order chi connectivity index (χ0) is 22.1. The Bertz CT molecular complexity index is 943. The highest BCUT2D eigenvalue weighted by Gasteiger charge is 2.55. The lowest BCUT2D eigenvalue weighted by Gasteiger charge is -2.49. The standard InChI is InChI=1S/C17H20N3O8PS/c1-10-9-30-16-13(18-29(25,26-2)27-3)15(21)19(16)14(10)17(22)28-8-11-4-6-12(7-5-11)20(23)24/h4-7,13,16H,8-9H2,1-3H3,(H,18,25). The van der Waals surface area contributed by atoms with E-state index in [1.165, 1.54) is 55.1 Å². The Morgan fingerprint density at radius 2 is 1.97 bits per heavy atom. The third-order valence-electron chi connectivity index (χ3n) is 4.65. The number of hydrogen-bond donors (Lipinski definition) is 1. The molecule has 1 N–H and O–H groups in total. The topological polar surface area (TPSA) is 137 Å². The van der Waals surface area contributed by atoms with Gasteiger partial charge in [0.1, 0.15) is 23.7 Å². The van der Waals surface area contributed by atoms with E-state index in [1.807, 2.05) is 0 Å². The van der Waals surface area contributed by atoms with Crippen LogP contribution in [0.25, 0.3) is 0 Å². The second kappa shape index (κ2) is 8.86. The summed E-state index contributed by atoms with van der Waals surface area (Å²) in [6.07, 6.45) is 0. The van der Waals surface area contributed by atoms with Crippen molar-refractivity contribution in [2.24, 2.45) is 0 Å². The number of carbonyl (C=O) groups is 2. The molecule has 13 heteroatoms. The second-order valence-electron chi connectivity index (χ2n) is 6.51. The van der Waals surface area contributed by atoms with Gasteiger partial charge in [-0.15, -0.1) is 11.8 Å². The molecule has 1 aromatic carbocycles. The van der Waals surface area contributed by atoms with Crippen LogP contribution >= 0.6 is 19.5 Å². The van der Waals surface area contributed by atoms with Crippen LogP contribution in [-0.4, -0.2) is 53.1 Å². The van der Waals surface area contributed by atoms with Crippen LogP contribution in [0.3, 0.4) is 0 Å². The first kappa shape index (κ1) is 22.4. The number of nitrogens with one attached hydrogen (secondary N) is 1. The molecule has 0 radical (unpaired) electrons. The molecule has 30 heavy (non-hydrogen) atoms. The minimum Gasteiger partial charge on any atom is -0.456 e. The van der Waals surface area contributed by atoms with E-state index in [0.717, 1.165) is 0 Å². The van der Waals surface area contributed by atoms with E-state index >= 15 is 0 Å². The van der Waals surface area contributed by atoms with Crippen LogP contribution in [0.15, 0.2) is 35.5 Å². The molecule has 0 bridgehead atoms. The van der Waals surface area contributed by atoms with E-state index in [1.54, 1.807) is 6.92 Å². The van der Waals surface area contributed by atoms with Gasteiger partial charge in [0.15, 0.2) is 0 Å². The second-order valence-corrected chi connectivity index (χ2v) is 9.60. The summed E-state index contributed by atoms with van der Waals surface area (Å²) >= 11 is 1.42. The summed E-state index contributed by atoms with van der Waals surface area (Å²) in [5, 5.41) is 12.9. The van der Waals surface area contributed by atoms with Gasteiger partial charge in [0.05, 0.1) is 4.92 Å². The molecular formula is C17H20N3O8PS. The molecule has 162 valence electrons. The monoisotopic (exact) mass is 457 g/mol. The number of benzene rings is 1. The largest absolute Gasteiger partial charge is 0.456 e. The molecule has 2 aliphatic rings. The Morgan fingerprint density at radius 3 is 2.53 bits per heavy atom. The number of rotatable bonds is 8. The summed E-state index contributed by atoms with van der Waals surface area (Å²) in [7, 11) is -1.21. The zero-order valence-electron chi connectivity index (χ0n) is 16.4. The molecular weight excluding hydrogens is 437 g/mol. The van der Waals surface area contributed by atoms with E-state index in [0.29, 0.717) is 16.9 Å². The molecule has 3 rings (SSSR count). The van der Waals surface area contributed by atoms with E-state index in [9.17, 15) is 24.3 Å². The molecule has 0 spiro atoms. The highest BCUT2D eigenvalue weighted by molar-refractivity contribution is 8.00. The minimum atomic E-state index is -3.62. The fraction of sp³-hybridized carbons (Fsp3) is 0.412. The predicted molar refractivity (Wildman–Crippen MR) is 107 cm³/mol. The Morgan fingerprint density at radius 1 is 1.33 bits per heavy atom. The maximum atomic E-state index is 12.7. The number of amides is 1. The first-order chi connectivity index (χ1) is 14.2. The van der Waals surface area contributed by atoms with Crippen LogP contribution in [0.2, 0.25) is 0 Å². The van der Waals surface area contributed by atoms with Gasteiger partial charge >= 0.3 is 13.7 Å². The number of fused-ring (bicyclic) bond motifs is 1. The van der Waals surface area contributed by atoms with Gasteiger partial charge in [-0.3, -0.25) is 19.8 Å². The van der Waals surface area contributed by atoms with Gasteiger partial charge in [0.2, 0.25) is 5.91 Å². The zero-order valence-corrected chi connectivity index (χ0v) is 18.1. The smallest absolute Gasteiger partial charge is 0.405 e. The van der Waals surface area contributed by atoms with Crippen molar-refractivity contribution in [1.29, 1.82) is 0 Å². The molecule has 1 amide bonds. The molecule has 2 heterocycles. The third-order valence-corrected chi connectivity index (χ3v) is 7.63. The van der Waals surface area contributed by atoms with Crippen LogP contribution in [0.1, 0.15) is 12.5 Å². The number of ether oxygens (including phenoxy) is 1. The Hall–Kier alpha value is -2.24. The Balaban J connectivity index is 1.68. The Labute approximate surface area is 176 Å². The Kier molecular flexibility index (Phi) is 6.63. The molecule has 1 aromatic rings. The number of β-lactam (4-membered cyclic amide) rings is 1. The van der Waals surface area contributed by atoms with E-state index in [-0.39, 0.29) is 18.0 Å². The van der Waals surface area contributed by atoms with Crippen molar-refractivity contribution in [1.82, 2.24) is 9.99 Å². The van der Waals surface area contributed by atoms with Crippen molar-refractivity contribution in [2.45, 2.75) is 24.9 Å². The summed E-state index contributed by atoms with van der Waals surface area (Å²) in [6, 6.07) is 4.80. The molecule has 2 atom stereocenters. The predicted octanol–water partition coefficient (Wildman–Crippen LogP) is 2.19. The van der Waals surface area contributed by atoms with Crippen LogP contribution in [0.5, 0.6) is 0 Å². The number of nitrogens with zero attached hydrogens (tertiary/aromatic N) is 2. The van der Waals surface area contributed by atoms with Crippen LogP contribution in [-0.2, 0) is 34.5 Å². The van der Waals surface area contributed by atoms with Gasteiger partial charge in [0.25, 0.3) is 5.69 Å². The van der Waals surface area contributed by atoms with Crippen LogP contribution < -0.4 is 5.09 Å². The van der Waals surface area contributed by atoms with Crippen molar-refractivity contribution >= 4 is 37.1 Å². The number of non-ortho nitro benzene ring substituents is 1. The average molecular weight is 457 g/mol. The minimum absolute atomic E-state index is 0.0649. The number of nitro benzene ring substituents is 1. The number of hydrogen-bond acceptors (Lipinski definition) is 9. The summed E-state index contributed by atoms with van der Waals surface area (Å²) in [6.45, 7) is 1.63. The maximum absolute atomic E-state index is 12.7. The van der Waals surface area contributed by atoms with Gasteiger partial charge in [-0.25, -0.2) is 14.4 Å². The molecule has 0 saturated carbocycles. The van der Waals surface area contributed by atoms with E-state index < -0.39 is 36.0 Å². The first-order valence-corrected chi connectivity index (χ1v) is 11.3. The normalized spacial score (nSPS) is 21.2. The number of esters is 1. The van der Waals surface area contributed by atoms with E-state index in [4.69, 9.17) is 13.8 Å². The average Bonchev–Trinajstić information content (AvgIpc) is 2.75. The molecule has 2 unspecified atom stereocenters. The van der Waals surface area contributed by atoms with Crippen molar-refractivity contribution in [2.75, 3.05) is 20.0 Å². The SMILES string of the molecule is COP(=O)(NC1C(=O)N2C(C(=O)OCc3ccc([N+](=O)[O-])cc3)=C(C)CSC12)OC. The molecule has 1 saturated heterocycles. The summed E-state index contributed by atoms with van der Waals surface area (Å²) in [5.41, 5.74) is 1.33. The summed E-state index contributed by atoms with van der Waals surface area (Å²) in [4.78, 5) is 36.8. The lowest BCUT2D eigenvalue weighted by atomic mass is 10.0. The van der Waals surface area contributed by atoms with Crippen molar-refractivity contribution in [3.8, 4) is 0 Å². The van der Waals surface area contributed by atoms with Crippen LogP contribution in [0.4, 0.5) is 5.69 Å². The summed E-state index contributed by atoms with van der Waals surface area (Å²) in [5.74, 6) is -0.633. The fourth-order valence-electron chi connectivity index (χ4n) is 3.03. The lowest BCUT2D eigenvalue weighted by molar-refractivity contribution is -0.384. The molecule has 0 aromatic heterocycles. The molecule has 2 aliphatic heterocycles. The van der Waals surface area contributed by atoms with Crippen molar-refractivity contribution in [3.05, 3.63) is 51.2 Å². The van der Waals surface area contributed by atoms with Crippen molar-refractivity contribution in [3.63, 3.8) is 0 Å². The van der Waals surface area contributed by atoms with Gasteiger partial charge in [-0.2, -0.15) is 0 Å². The van der Waals surface area contributed by atoms with E-state index in [2.05, 4.69) is 5.09 Å². The fourth-order valence-corrected chi connectivity index (χ4v) is 5.38. The maximum Gasteiger partial charge on any atom is 0.405 e. The number of carbonyl (C=O) groups excluding carboxylic acids is 2.